The van der Waals surface area contributed by atoms with Crippen LogP contribution in [0.25, 0.3) is 0 Å². The SMILES string of the molecule is NC(=O)C1CCN(CC(=O)O)C1. The number of aliphatic carboxylic acids is 1. The molecule has 1 fully saturated rings. The Hall–Kier alpha value is -1.10. The van der Waals surface area contributed by atoms with Gasteiger partial charge in [0.05, 0.1) is 12.5 Å². The van der Waals surface area contributed by atoms with Crippen molar-refractivity contribution in [2.75, 3.05) is 19.6 Å². The van der Waals surface area contributed by atoms with Crippen LogP contribution in [0.5, 0.6) is 0 Å². The fraction of sp³-hybridized carbons (Fsp3) is 0.714. The van der Waals surface area contributed by atoms with E-state index in [9.17, 15) is 9.59 Å². The van der Waals surface area contributed by atoms with Gasteiger partial charge in [0.2, 0.25) is 5.91 Å². The average molecular weight is 172 g/mol. The molecule has 12 heavy (non-hydrogen) atoms. The summed E-state index contributed by atoms with van der Waals surface area (Å²) >= 11 is 0. The summed E-state index contributed by atoms with van der Waals surface area (Å²) in [6, 6.07) is 0. The Morgan fingerprint density at radius 3 is 2.67 bits per heavy atom. The van der Waals surface area contributed by atoms with Crippen molar-refractivity contribution < 1.29 is 14.7 Å². The number of amides is 1. The third-order valence-corrected chi connectivity index (χ3v) is 2.03. The minimum atomic E-state index is -0.861. The molecule has 3 N–H and O–H groups in total. The van der Waals surface area contributed by atoms with E-state index in [4.69, 9.17) is 10.8 Å². The number of nitrogens with zero attached hydrogens (tertiary/aromatic N) is 1. The van der Waals surface area contributed by atoms with Crippen LogP contribution >= 0.6 is 0 Å². The summed E-state index contributed by atoms with van der Waals surface area (Å²) in [5, 5.41) is 8.44. The molecule has 0 aliphatic carbocycles. The van der Waals surface area contributed by atoms with Crippen LogP contribution < -0.4 is 5.73 Å². The first kappa shape index (κ1) is 8.99. The van der Waals surface area contributed by atoms with E-state index >= 15 is 0 Å². The number of carboxylic acids is 1. The third-order valence-electron chi connectivity index (χ3n) is 2.03. The zero-order valence-electron chi connectivity index (χ0n) is 6.69. The highest BCUT2D eigenvalue weighted by Gasteiger charge is 2.27. The summed E-state index contributed by atoms with van der Waals surface area (Å²) in [7, 11) is 0. The maximum Gasteiger partial charge on any atom is 0.317 e. The highest BCUT2D eigenvalue weighted by atomic mass is 16.4. The van der Waals surface area contributed by atoms with Crippen molar-refractivity contribution in [3.8, 4) is 0 Å². The van der Waals surface area contributed by atoms with E-state index in [-0.39, 0.29) is 18.4 Å². The molecule has 68 valence electrons. The molecular formula is C7H12N2O3. The smallest absolute Gasteiger partial charge is 0.317 e. The normalized spacial score (nSPS) is 24.2. The quantitative estimate of drug-likeness (QED) is 0.564. The van der Waals surface area contributed by atoms with Crippen LogP contribution in [0.15, 0.2) is 0 Å². The van der Waals surface area contributed by atoms with Crippen LogP contribution in [0.4, 0.5) is 0 Å². The lowest BCUT2D eigenvalue weighted by Gasteiger charge is -2.10. The Balaban J connectivity index is 2.35. The van der Waals surface area contributed by atoms with E-state index in [1.807, 2.05) is 0 Å². The van der Waals surface area contributed by atoms with Crippen molar-refractivity contribution in [3.63, 3.8) is 0 Å². The summed E-state index contributed by atoms with van der Waals surface area (Å²) in [6.45, 7) is 1.14. The van der Waals surface area contributed by atoms with Gasteiger partial charge in [-0.1, -0.05) is 0 Å². The van der Waals surface area contributed by atoms with Crippen molar-refractivity contribution in [1.82, 2.24) is 4.90 Å². The lowest BCUT2D eigenvalue weighted by atomic mass is 10.1. The van der Waals surface area contributed by atoms with Gasteiger partial charge < -0.3 is 10.8 Å². The number of carbonyl (C=O) groups is 2. The molecule has 0 aromatic rings. The number of hydrogen-bond acceptors (Lipinski definition) is 3. The maximum absolute atomic E-state index is 10.7. The number of rotatable bonds is 3. The largest absolute Gasteiger partial charge is 0.480 e. The molecule has 1 saturated heterocycles. The van der Waals surface area contributed by atoms with Gasteiger partial charge in [-0.3, -0.25) is 14.5 Å². The van der Waals surface area contributed by atoms with Gasteiger partial charge in [-0.2, -0.15) is 0 Å². The first-order chi connectivity index (χ1) is 5.59. The minimum Gasteiger partial charge on any atom is -0.480 e. The molecule has 1 aliphatic heterocycles. The van der Waals surface area contributed by atoms with Crippen molar-refractivity contribution in [3.05, 3.63) is 0 Å². The van der Waals surface area contributed by atoms with Crippen LogP contribution in [0.2, 0.25) is 0 Å². The first-order valence-corrected chi connectivity index (χ1v) is 3.83. The highest BCUT2D eigenvalue weighted by Crippen LogP contribution is 2.14. The number of carbonyl (C=O) groups excluding carboxylic acids is 1. The zero-order valence-corrected chi connectivity index (χ0v) is 6.69. The van der Waals surface area contributed by atoms with Crippen molar-refractivity contribution >= 4 is 11.9 Å². The second-order valence-electron chi connectivity index (χ2n) is 3.02. The van der Waals surface area contributed by atoms with E-state index in [1.165, 1.54) is 0 Å². The Morgan fingerprint density at radius 1 is 1.58 bits per heavy atom. The predicted octanol–water partition coefficient (Wildman–Crippen LogP) is -1.12. The number of carboxylic acid groups (broad SMARTS) is 1. The van der Waals surface area contributed by atoms with Crippen LogP contribution in [0, 0.1) is 5.92 Å². The number of hydrogen-bond donors (Lipinski definition) is 2. The molecule has 5 nitrogen and oxygen atoms in total. The molecule has 0 aromatic carbocycles. The summed E-state index contributed by atoms with van der Waals surface area (Å²) in [6.07, 6.45) is 0.683. The zero-order chi connectivity index (χ0) is 9.14. The summed E-state index contributed by atoms with van der Waals surface area (Å²) in [4.78, 5) is 22.7. The molecule has 0 saturated carbocycles. The Kier molecular flexibility index (Phi) is 2.65. The van der Waals surface area contributed by atoms with Gasteiger partial charge in [0, 0.05) is 6.54 Å². The Labute approximate surface area is 70.1 Å². The van der Waals surface area contributed by atoms with Gasteiger partial charge in [-0.15, -0.1) is 0 Å². The van der Waals surface area contributed by atoms with Crippen LogP contribution in [0.3, 0.4) is 0 Å². The van der Waals surface area contributed by atoms with Crippen molar-refractivity contribution in [2.24, 2.45) is 11.7 Å². The van der Waals surface area contributed by atoms with Gasteiger partial charge >= 0.3 is 5.97 Å². The molecule has 0 bridgehead atoms. The monoisotopic (exact) mass is 172 g/mol. The van der Waals surface area contributed by atoms with Gasteiger partial charge in [0.15, 0.2) is 0 Å². The van der Waals surface area contributed by atoms with Gasteiger partial charge in [0.1, 0.15) is 0 Å². The summed E-state index contributed by atoms with van der Waals surface area (Å²) in [5.74, 6) is -1.35. The molecule has 1 rings (SSSR count). The first-order valence-electron chi connectivity index (χ1n) is 3.83. The predicted molar refractivity (Wildman–Crippen MR) is 41.4 cm³/mol. The molecule has 1 unspecified atom stereocenters. The second-order valence-corrected chi connectivity index (χ2v) is 3.02. The molecule has 1 heterocycles. The minimum absolute atomic E-state index is 0.00375. The van der Waals surface area contributed by atoms with E-state index < -0.39 is 5.97 Å². The number of likely N-dealkylation sites (tertiary alicyclic amines) is 1. The molecule has 1 atom stereocenters. The number of nitrogens with two attached hydrogens (primary N) is 1. The van der Waals surface area contributed by atoms with Crippen LogP contribution in [0.1, 0.15) is 6.42 Å². The van der Waals surface area contributed by atoms with E-state index in [2.05, 4.69) is 0 Å². The molecule has 0 spiro atoms. The number of primary amides is 1. The van der Waals surface area contributed by atoms with Crippen LogP contribution in [-0.4, -0.2) is 41.5 Å². The molecule has 0 aromatic heterocycles. The molecule has 1 aliphatic rings. The Bertz CT molecular complexity index is 205. The standard InChI is InChI=1S/C7H12N2O3/c8-7(12)5-1-2-9(3-5)4-6(10)11/h5H,1-4H2,(H2,8,12)(H,10,11). The maximum atomic E-state index is 10.7. The summed E-state index contributed by atoms with van der Waals surface area (Å²) in [5.41, 5.74) is 5.08. The average Bonchev–Trinajstić information content (AvgIpc) is 2.34. The second kappa shape index (κ2) is 3.53. The van der Waals surface area contributed by atoms with E-state index in [1.54, 1.807) is 4.90 Å². The molecule has 1 amide bonds. The molecule has 0 radical (unpaired) electrons. The van der Waals surface area contributed by atoms with Gasteiger partial charge in [-0.05, 0) is 13.0 Å². The third kappa shape index (κ3) is 2.20. The lowest BCUT2D eigenvalue weighted by molar-refractivity contribution is -0.138. The Morgan fingerprint density at radius 2 is 2.25 bits per heavy atom. The van der Waals surface area contributed by atoms with E-state index in [0.717, 1.165) is 0 Å². The highest BCUT2D eigenvalue weighted by molar-refractivity contribution is 5.77. The van der Waals surface area contributed by atoms with Crippen LogP contribution in [-0.2, 0) is 9.59 Å². The van der Waals surface area contributed by atoms with Gasteiger partial charge in [-0.25, -0.2) is 0 Å². The topological polar surface area (TPSA) is 83.6 Å². The van der Waals surface area contributed by atoms with Crippen molar-refractivity contribution in [1.29, 1.82) is 0 Å². The van der Waals surface area contributed by atoms with Crippen molar-refractivity contribution in [2.45, 2.75) is 6.42 Å². The van der Waals surface area contributed by atoms with Gasteiger partial charge in [0.25, 0.3) is 0 Å². The molecule has 5 heteroatoms. The molecular weight excluding hydrogens is 160 g/mol. The fourth-order valence-corrected chi connectivity index (χ4v) is 1.40. The van der Waals surface area contributed by atoms with E-state index in [0.29, 0.717) is 19.5 Å². The lowest BCUT2D eigenvalue weighted by Crippen LogP contribution is -2.30. The fourth-order valence-electron chi connectivity index (χ4n) is 1.40. The summed E-state index contributed by atoms with van der Waals surface area (Å²) < 4.78 is 0.